The smallest absolute Gasteiger partial charge is 0.149 e. The number of anilines is 1. The van der Waals surface area contributed by atoms with Crippen LogP contribution < -0.4 is 16.5 Å². The lowest BCUT2D eigenvalue weighted by Crippen LogP contribution is -2.64. The average molecular weight is 364 g/mol. The molecule has 2 aromatic rings. The van der Waals surface area contributed by atoms with E-state index in [1.165, 1.54) is 27.8 Å². The van der Waals surface area contributed by atoms with Crippen molar-refractivity contribution >= 4 is 5.69 Å². The number of benzene rings is 2. The van der Waals surface area contributed by atoms with E-state index in [2.05, 4.69) is 55.4 Å². The van der Waals surface area contributed by atoms with Crippen LogP contribution >= 0.6 is 0 Å². The Morgan fingerprint density at radius 2 is 1.78 bits per heavy atom. The van der Waals surface area contributed by atoms with Crippen LogP contribution in [0, 0.1) is 39.0 Å². The van der Waals surface area contributed by atoms with Crippen LogP contribution in [0.2, 0.25) is 0 Å². The first-order chi connectivity index (χ1) is 12.9. The minimum atomic E-state index is -0.157. The molecule has 6 nitrogen and oxygen atoms in total. The predicted octanol–water partition coefficient (Wildman–Crippen LogP) is 2.68. The van der Waals surface area contributed by atoms with Crippen LogP contribution in [0.5, 0.6) is 0 Å². The third kappa shape index (κ3) is 4.29. The zero-order valence-electron chi connectivity index (χ0n) is 16.5. The first kappa shape index (κ1) is 19.3. The molecule has 6 heteroatoms. The second-order valence-electron chi connectivity index (χ2n) is 7.32. The molecule has 3 rings (SSSR count). The molecule has 4 N–H and O–H groups in total. The summed E-state index contributed by atoms with van der Waals surface area (Å²) >= 11 is 0. The molecule has 27 heavy (non-hydrogen) atoms. The molecule has 1 heterocycles. The number of hydrogen-bond donors (Lipinski definition) is 3. The van der Waals surface area contributed by atoms with Crippen LogP contribution in [0.1, 0.15) is 33.4 Å². The van der Waals surface area contributed by atoms with Crippen molar-refractivity contribution in [3.05, 3.63) is 63.7 Å². The summed E-state index contributed by atoms with van der Waals surface area (Å²) in [6, 6.07) is 11.8. The number of aryl methyl sites for hydroxylation is 2. The number of nitrogens with one attached hydrogen (secondary N) is 2. The summed E-state index contributed by atoms with van der Waals surface area (Å²) in [5.74, 6) is 6.28. The molecule has 1 aliphatic heterocycles. The van der Waals surface area contributed by atoms with Gasteiger partial charge in [0.2, 0.25) is 0 Å². The van der Waals surface area contributed by atoms with Gasteiger partial charge in [-0.3, -0.25) is 16.1 Å². The Morgan fingerprint density at radius 1 is 1.15 bits per heavy atom. The fraction of sp³-hybridized carbons (Fsp3) is 0.381. The molecule has 0 aliphatic carbocycles. The van der Waals surface area contributed by atoms with Crippen LogP contribution in [0.15, 0.2) is 30.3 Å². The number of hydrazine groups is 1. The van der Waals surface area contributed by atoms with Crippen molar-refractivity contribution in [3.8, 4) is 6.07 Å². The van der Waals surface area contributed by atoms with E-state index in [4.69, 9.17) is 11.1 Å². The lowest BCUT2D eigenvalue weighted by Gasteiger charge is -2.40. The third-order valence-electron chi connectivity index (χ3n) is 5.42. The molecule has 0 spiro atoms. The molecular weight excluding hydrogens is 336 g/mol. The van der Waals surface area contributed by atoms with E-state index in [0.29, 0.717) is 12.2 Å². The molecule has 1 unspecified atom stereocenters. The minimum Gasteiger partial charge on any atom is -0.356 e. The SMILES string of the molecule is Cc1cc(C)c(C)c(CN2CNC(Nc3ccc(C#N)cc3)N(N)C2)c1C. The molecule has 0 bridgehead atoms. The van der Waals surface area contributed by atoms with Gasteiger partial charge in [0.25, 0.3) is 0 Å². The zero-order chi connectivity index (χ0) is 19.6. The molecule has 2 aromatic carbocycles. The second kappa shape index (κ2) is 8.07. The van der Waals surface area contributed by atoms with E-state index in [-0.39, 0.29) is 6.29 Å². The van der Waals surface area contributed by atoms with E-state index in [9.17, 15) is 0 Å². The second-order valence-corrected chi connectivity index (χ2v) is 7.32. The van der Waals surface area contributed by atoms with Crippen molar-refractivity contribution in [2.24, 2.45) is 5.84 Å². The largest absolute Gasteiger partial charge is 0.356 e. The highest BCUT2D eigenvalue weighted by molar-refractivity contribution is 5.47. The average Bonchev–Trinajstić information content (AvgIpc) is 2.66. The van der Waals surface area contributed by atoms with Crippen molar-refractivity contribution in [1.82, 2.24) is 15.2 Å². The number of nitrogens with zero attached hydrogens (tertiary/aromatic N) is 3. The van der Waals surface area contributed by atoms with E-state index in [1.54, 1.807) is 17.1 Å². The van der Waals surface area contributed by atoms with Gasteiger partial charge in [-0.25, -0.2) is 0 Å². The van der Waals surface area contributed by atoms with Crippen LogP contribution in [0.25, 0.3) is 0 Å². The van der Waals surface area contributed by atoms with E-state index < -0.39 is 0 Å². The summed E-state index contributed by atoms with van der Waals surface area (Å²) in [6.07, 6.45) is -0.157. The summed E-state index contributed by atoms with van der Waals surface area (Å²) in [5.41, 5.74) is 8.36. The van der Waals surface area contributed by atoms with Crippen molar-refractivity contribution < 1.29 is 0 Å². The minimum absolute atomic E-state index is 0.157. The lowest BCUT2D eigenvalue weighted by molar-refractivity contribution is 0.0217. The quantitative estimate of drug-likeness (QED) is 0.724. The molecule has 0 amide bonds. The summed E-state index contributed by atoms with van der Waals surface area (Å²) in [4.78, 5) is 2.30. The number of rotatable bonds is 4. The highest BCUT2D eigenvalue weighted by atomic mass is 15.6. The van der Waals surface area contributed by atoms with Crippen molar-refractivity contribution in [3.63, 3.8) is 0 Å². The van der Waals surface area contributed by atoms with Crippen LogP contribution in [0.4, 0.5) is 5.69 Å². The molecule has 142 valence electrons. The van der Waals surface area contributed by atoms with Gasteiger partial charge >= 0.3 is 0 Å². The molecular formula is C21H28N6. The third-order valence-corrected chi connectivity index (χ3v) is 5.42. The summed E-state index contributed by atoms with van der Waals surface area (Å²) in [5, 5.41) is 17.5. The first-order valence-corrected chi connectivity index (χ1v) is 9.19. The lowest BCUT2D eigenvalue weighted by atomic mass is 9.94. The molecule has 0 radical (unpaired) electrons. The van der Waals surface area contributed by atoms with Gasteiger partial charge in [0.15, 0.2) is 0 Å². The van der Waals surface area contributed by atoms with Gasteiger partial charge in [-0.1, -0.05) is 6.07 Å². The van der Waals surface area contributed by atoms with Crippen LogP contribution in [-0.2, 0) is 6.54 Å². The maximum atomic E-state index is 8.90. The summed E-state index contributed by atoms with van der Waals surface area (Å²) in [6.45, 7) is 11.0. The monoisotopic (exact) mass is 364 g/mol. The Labute approximate surface area is 161 Å². The van der Waals surface area contributed by atoms with Crippen molar-refractivity contribution in [2.75, 3.05) is 18.7 Å². The van der Waals surface area contributed by atoms with Gasteiger partial charge in [0, 0.05) is 12.2 Å². The number of nitrogens with two attached hydrogens (primary N) is 1. The van der Waals surface area contributed by atoms with Gasteiger partial charge in [0.1, 0.15) is 6.29 Å². The van der Waals surface area contributed by atoms with Gasteiger partial charge in [-0.05, 0) is 79.8 Å². The van der Waals surface area contributed by atoms with Gasteiger partial charge in [-0.15, -0.1) is 0 Å². The van der Waals surface area contributed by atoms with Crippen molar-refractivity contribution in [2.45, 2.75) is 40.5 Å². The molecule has 1 aliphatic rings. The zero-order valence-corrected chi connectivity index (χ0v) is 16.5. The topological polar surface area (TPSA) is 80.3 Å². The van der Waals surface area contributed by atoms with Crippen LogP contribution in [-0.4, -0.2) is 29.5 Å². The standard InChI is InChI=1S/C21H28N6/c1-14-9-15(2)17(4)20(16(14)3)11-26-12-24-21(27(23)13-26)25-19-7-5-18(10-22)6-8-19/h5-9,21,24-25H,11-13,23H2,1-4H3. The van der Waals surface area contributed by atoms with Gasteiger partial charge < -0.3 is 5.32 Å². The normalized spacial score (nSPS) is 18.3. The van der Waals surface area contributed by atoms with Crippen molar-refractivity contribution in [1.29, 1.82) is 5.26 Å². The first-order valence-electron chi connectivity index (χ1n) is 9.19. The maximum absolute atomic E-state index is 8.90. The summed E-state index contributed by atoms with van der Waals surface area (Å²) in [7, 11) is 0. The Hall–Kier alpha value is -2.43. The van der Waals surface area contributed by atoms with E-state index in [0.717, 1.165) is 18.9 Å². The summed E-state index contributed by atoms with van der Waals surface area (Å²) < 4.78 is 0. The van der Waals surface area contributed by atoms with E-state index in [1.807, 2.05) is 12.1 Å². The molecule has 1 atom stereocenters. The Bertz CT molecular complexity index is 826. The van der Waals surface area contributed by atoms with Gasteiger partial charge in [-0.2, -0.15) is 10.3 Å². The Kier molecular flexibility index (Phi) is 5.78. The molecule has 0 saturated carbocycles. The molecule has 1 saturated heterocycles. The van der Waals surface area contributed by atoms with Crippen LogP contribution in [0.3, 0.4) is 0 Å². The number of nitriles is 1. The molecule has 0 aromatic heterocycles. The molecule has 1 fully saturated rings. The predicted molar refractivity (Wildman–Crippen MR) is 108 cm³/mol. The van der Waals surface area contributed by atoms with Gasteiger partial charge in [0.05, 0.1) is 25.0 Å². The number of hydrogen-bond acceptors (Lipinski definition) is 6. The highest BCUT2D eigenvalue weighted by Crippen LogP contribution is 2.23. The fourth-order valence-electron chi connectivity index (χ4n) is 3.49. The Morgan fingerprint density at radius 3 is 2.33 bits per heavy atom. The maximum Gasteiger partial charge on any atom is 0.149 e. The highest BCUT2D eigenvalue weighted by Gasteiger charge is 2.25. The fourth-order valence-corrected chi connectivity index (χ4v) is 3.49. The van der Waals surface area contributed by atoms with E-state index >= 15 is 0 Å². The Balaban J connectivity index is 1.64.